The first-order valence-electron chi connectivity index (χ1n) is 7.99. The summed E-state index contributed by atoms with van der Waals surface area (Å²) >= 11 is 0. The van der Waals surface area contributed by atoms with Gasteiger partial charge >= 0.3 is 6.18 Å². The number of carbonyl (C=O) groups excluding carboxylic acids is 2. The van der Waals surface area contributed by atoms with Gasteiger partial charge in [-0.3, -0.25) is 9.59 Å². The number of benzene rings is 1. The highest BCUT2D eigenvalue weighted by Gasteiger charge is 2.48. The first kappa shape index (κ1) is 19.1. The maximum Gasteiger partial charge on any atom is 0.408 e. The van der Waals surface area contributed by atoms with Crippen LogP contribution in [0.15, 0.2) is 24.3 Å². The summed E-state index contributed by atoms with van der Waals surface area (Å²) in [6.45, 7) is 2.47. The molecule has 8 heteroatoms. The Balaban J connectivity index is 2.06. The van der Waals surface area contributed by atoms with Crippen molar-refractivity contribution in [2.24, 2.45) is 0 Å². The lowest BCUT2D eigenvalue weighted by atomic mass is 9.97. The summed E-state index contributed by atoms with van der Waals surface area (Å²) in [6, 6.07) is 4.58. The van der Waals surface area contributed by atoms with Crippen LogP contribution in [0.3, 0.4) is 0 Å². The SMILES string of the molecule is CC(=O)N[C@H]1CC[C@@H](C(F)(F)F)N(C(=O)COc2cccc(C)c2)C1. The zero-order valence-electron chi connectivity index (χ0n) is 14.1. The minimum absolute atomic E-state index is 0.173. The van der Waals surface area contributed by atoms with Crippen LogP contribution < -0.4 is 10.1 Å². The molecule has 2 rings (SSSR count). The van der Waals surface area contributed by atoms with Crippen molar-refractivity contribution in [3.63, 3.8) is 0 Å². The Kier molecular flexibility index (Phi) is 5.92. The Bertz CT molecular complexity index is 634. The smallest absolute Gasteiger partial charge is 0.408 e. The Morgan fingerprint density at radius 3 is 2.64 bits per heavy atom. The van der Waals surface area contributed by atoms with Gasteiger partial charge in [-0.05, 0) is 37.5 Å². The maximum atomic E-state index is 13.2. The second-order valence-electron chi connectivity index (χ2n) is 6.18. The molecule has 1 fully saturated rings. The number of carbonyl (C=O) groups is 2. The van der Waals surface area contributed by atoms with E-state index in [0.29, 0.717) is 5.75 Å². The molecular weight excluding hydrogens is 337 g/mol. The van der Waals surface area contributed by atoms with Crippen molar-refractivity contribution < 1.29 is 27.5 Å². The van der Waals surface area contributed by atoms with E-state index in [-0.39, 0.29) is 25.3 Å². The minimum Gasteiger partial charge on any atom is -0.484 e. The molecule has 1 aromatic carbocycles. The van der Waals surface area contributed by atoms with Crippen molar-refractivity contribution in [2.45, 2.75) is 44.9 Å². The third-order valence-electron chi connectivity index (χ3n) is 4.04. The summed E-state index contributed by atoms with van der Waals surface area (Å²) in [4.78, 5) is 24.2. The van der Waals surface area contributed by atoms with Gasteiger partial charge in [-0.2, -0.15) is 13.2 Å². The molecule has 1 aromatic rings. The second kappa shape index (κ2) is 7.76. The molecule has 1 aliphatic heterocycles. The number of rotatable bonds is 4. The lowest BCUT2D eigenvalue weighted by Gasteiger charge is -2.40. The lowest BCUT2D eigenvalue weighted by molar-refractivity contribution is -0.198. The molecule has 0 unspecified atom stereocenters. The van der Waals surface area contributed by atoms with Crippen LogP contribution in [0.2, 0.25) is 0 Å². The van der Waals surface area contributed by atoms with E-state index in [2.05, 4.69) is 5.32 Å². The van der Waals surface area contributed by atoms with Crippen molar-refractivity contribution in [3.05, 3.63) is 29.8 Å². The number of hydrogen-bond donors (Lipinski definition) is 1. The number of ether oxygens (including phenoxy) is 1. The van der Waals surface area contributed by atoms with Gasteiger partial charge < -0.3 is 15.0 Å². The van der Waals surface area contributed by atoms with Gasteiger partial charge in [0.2, 0.25) is 5.91 Å². The van der Waals surface area contributed by atoms with E-state index in [1.54, 1.807) is 18.2 Å². The molecule has 25 heavy (non-hydrogen) atoms. The van der Waals surface area contributed by atoms with Gasteiger partial charge in [-0.1, -0.05) is 12.1 Å². The van der Waals surface area contributed by atoms with E-state index in [1.165, 1.54) is 6.92 Å². The van der Waals surface area contributed by atoms with Crippen LogP contribution in [0.25, 0.3) is 0 Å². The predicted molar refractivity (Wildman–Crippen MR) is 85.1 cm³/mol. The van der Waals surface area contributed by atoms with Crippen LogP contribution in [-0.2, 0) is 9.59 Å². The molecule has 2 atom stereocenters. The third kappa shape index (κ3) is 5.37. The fraction of sp³-hybridized carbons (Fsp3) is 0.529. The fourth-order valence-corrected chi connectivity index (χ4v) is 2.93. The summed E-state index contributed by atoms with van der Waals surface area (Å²) in [5, 5.41) is 2.58. The molecule has 1 saturated heterocycles. The largest absolute Gasteiger partial charge is 0.484 e. The average molecular weight is 358 g/mol. The molecule has 0 aromatic heterocycles. The summed E-state index contributed by atoms with van der Waals surface area (Å²) in [5.74, 6) is -0.662. The third-order valence-corrected chi connectivity index (χ3v) is 4.04. The molecule has 138 valence electrons. The topological polar surface area (TPSA) is 58.6 Å². The fourth-order valence-electron chi connectivity index (χ4n) is 2.93. The number of alkyl halides is 3. The molecule has 0 bridgehead atoms. The summed E-state index contributed by atoms with van der Waals surface area (Å²) in [6.07, 6.45) is -4.59. The van der Waals surface area contributed by atoms with Gasteiger partial charge in [-0.15, -0.1) is 0 Å². The number of piperidine rings is 1. The monoisotopic (exact) mass is 358 g/mol. The van der Waals surface area contributed by atoms with Gasteiger partial charge in [0, 0.05) is 19.5 Å². The van der Waals surface area contributed by atoms with Crippen LogP contribution in [0.1, 0.15) is 25.3 Å². The zero-order valence-corrected chi connectivity index (χ0v) is 14.1. The van der Waals surface area contributed by atoms with Crippen molar-refractivity contribution in [1.82, 2.24) is 10.2 Å². The Morgan fingerprint density at radius 1 is 1.32 bits per heavy atom. The molecular formula is C17H21F3N2O3. The Morgan fingerprint density at radius 2 is 2.04 bits per heavy atom. The Labute approximate surface area is 144 Å². The predicted octanol–water partition coefficient (Wildman–Crippen LogP) is 2.43. The highest BCUT2D eigenvalue weighted by Crippen LogP contribution is 2.32. The standard InChI is InChI=1S/C17H21F3N2O3/c1-11-4-3-5-14(8-11)25-10-16(24)22-9-13(21-12(2)23)6-7-15(22)17(18,19)20/h3-5,8,13,15H,6-7,9-10H2,1-2H3,(H,21,23)/t13-,15-/m0/s1. The number of nitrogens with zero attached hydrogens (tertiary/aromatic N) is 1. The van der Waals surface area contributed by atoms with E-state index in [0.717, 1.165) is 10.5 Å². The normalized spacial score (nSPS) is 20.9. The van der Waals surface area contributed by atoms with Crippen LogP contribution in [0.4, 0.5) is 13.2 Å². The second-order valence-corrected chi connectivity index (χ2v) is 6.18. The number of nitrogens with one attached hydrogen (secondary N) is 1. The maximum absolute atomic E-state index is 13.2. The highest BCUT2D eigenvalue weighted by molar-refractivity contribution is 5.79. The molecule has 0 radical (unpaired) electrons. The molecule has 1 aliphatic rings. The molecule has 2 amide bonds. The summed E-state index contributed by atoms with van der Waals surface area (Å²) in [5.41, 5.74) is 0.918. The van der Waals surface area contributed by atoms with Crippen LogP contribution in [0, 0.1) is 6.92 Å². The highest BCUT2D eigenvalue weighted by atomic mass is 19.4. The summed E-state index contributed by atoms with van der Waals surface area (Å²) in [7, 11) is 0. The zero-order chi connectivity index (χ0) is 18.6. The van der Waals surface area contributed by atoms with Crippen LogP contribution in [-0.4, -0.2) is 48.1 Å². The number of aryl methyl sites for hydroxylation is 1. The molecule has 0 saturated carbocycles. The number of likely N-dealkylation sites (tertiary alicyclic amines) is 1. The summed E-state index contributed by atoms with van der Waals surface area (Å²) < 4.78 is 45.0. The van der Waals surface area contributed by atoms with Crippen molar-refractivity contribution in [2.75, 3.05) is 13.2 Å². The molecule has 1 heterocycles. The molecule has 0 aliphatic carbocycles. The molecule has 1 N–H and O–H groups in total. The van der Waals surface area contributed by atoms with Crippen LogP contribution >= 0.6 is 0 Å². The van der Waals surface area contributed by atoms with Gasteiger partial charge in [0.15, 0.2) is 6.61 Å². The quantitative estimate of drug-likeness (QED) is 0.899. The van der Waals surface area contributed by atoms with Gasteiger partial charge in [0.1, 0.15) is 11.8 Å². The Hall–Kier alpha value is -2.25. The van der Waals surface area contributed by atoms with E-state index < -0.39 is 30.8 Å². The van der Waals surface area contributed by atoms with E-state index >= 15 is 0 Å². The first-order valence-corrected chi connectivity index (χ1v) is 7.99. The molecule has 5 nitrogen and oxygen atoms in total. The van der Waals surface area contributed by atoms with E-state index in [4.69, 9.17) is 4.74 Å². The number of halogens is 3. The van der Waals surface area contributed by atoms with E-state index in [9.17, 15) is 22.8 Å². The van der Waals surface area contributed by atoms with E-state index in [1.807, 2.05) is 13.0 Å². The van der Waals surface area contributed by atoms with Gasteiger partial charge in [0.25, 0.3) is 5.91 Å². The van der Waals surface area contributed by atoms with Crippen LogP contribution in [0.5, 0.6) is 5.75 Å². The number of amides is 2. The average Bonchev–Trinajstić information content (AvgIpc) is 2.51. The number of hydrogen-bond acceptors (Lipinski definition) is 3. The van der Waals surface area contributed by atoms with Crippen molar-refractivity contribution in [3.8, 4) is 5.75 Å². The molecule has 0 spiro atoms. The van der Waals surface area contributed by atoms with Crippen molar-refractivity contribution >= 4 is 11.8 Å². The van der Waals surface area contributed by atoms with Gasteiger partial charge in [-0.25, -0.2) is 0 Å². The lowest BCUT2D eigenvalue weighted by Crippen LogP contribution is -2.59. The minimum atomic E-state index is -4.51. The van der Waals surface area contributed by atoms with Gasteiger partial charge in [0.05, 0.1) is 0 Å². The first-order chi connectivity index (χ1) is 11.7. The van der Waals surface area contributed by atoms with Crippen molar-refractivity contribution in [1.29, 1.82) is 0 Å².